The Labute approximate surface area is 119 Å². The monoisotopic (exact) mass is 321 g/mol. The molecule has 5 heteroatoms. The molecule has 0 bridgehead atoms. The van der Waals surface area contributed by atoms with Gasteiger partial charge in [0.15, 0.2) is 11.6 Å². The summed E-state index contributed by atoms with van der Waals surface area (Å²) in [7, 11) is 0. The summed E-state index contributed by atoms with van der Waals surface area (Å²) in [6.45, 7) is 1.37. The van der Waals surface area contributed by atoms with Crippen LogP contribution in [0, 0.1) is 5.82 Å². The summed E-state index contributed by atoms with van der Waals surface area (Å²) in [6.07, 6.45) is 2.44. The first-order valence-corrected chi connectivity index (χ1v) is 6.86. The van der Waals surface area contributed by atoms with Crippen LogP contribution in [0.1, 0.15) is 11.1 Å². The molecule has 2 aromatic rings. The zero-order valence-electron chi connectivity index (χ0n) is 10.2. The smallest absolute Gasteiger partial charge is 0.166 e. The maximum atomic E-state index is 13.9. The molecular weight excluding hydrogens is 309 g/mol. The Morgan fingerprint density at radius 3 is 3.00 bits per heavy atom. The van der Waals surface area contributed by atoms with Crippen molar-refractivity contribution in [3.8, 4) is 0 Å². The highest BCUT2D eigenvalue weighted by atomic mass is 79.9. The van der Waals surface area contributed by atoms with Gasteiger partial charge in [-0.15, -0.1) is 0 Å². The van der Waals surface area contributed by atoms with E-state index < -0.39 is 0 Å². The lowest BCUT2D eigenvalue weighted by Gasteiger charge is -2.30. The van der Waals surface area contributed by atoms with Gasteiger partial charge in [0.1, 0.15) is 0 Å². The molecule has 0 saturated carbocycles. The predicted octanol–water partition coefficient (Wildman–Crippen LogP) is 3.13. The van der Waals surface area contributed by atoms with Crippen molar-refractivity contribution < 1.29 is 4.39 Å². The molecule has 0 saturated heterocycles. The van der Waals surface area contributed by atoms with E-state index in [2.05, 4.69) is 20.9 Å². The fourth-order valence-electron chi connectivity index (χ4n) is 2.46. The van der Waals surface area contributed by atoms with E-state index in [4.69, 9.17) is 5.73 Å². The van der Waals surface area contributed by atoms with E-state index in [1.165, 1.54) is 11.6 Å². The van der Waals surface area contributed by atoms with Crippen LogP contribution in [0.5, 0.6) is 0 Å². The second-order valence-electron chi connectivity index (χ2n) is 4.62. The molecule has 3 rings (SSSR count). The van der Waals surface area contributed by atoms with Gasteiger partial charge in [-0.25, -0.2) is 9.37 Å². The molecule has 0 unspecified atom stereocenters. The van der Waals surface area contributed by atoms with Crippen LogP contribution in [-0.2, 0) is 13.0 Å². The zero-order chi connectivity index (χ0) is 13.4. The number of pyridine rings is 1. The van der Waals surface area contributed by atoms with E-state index in [0.717, 1.165) is 24.2 Å². The number of hydrogen-bond donors (Lipinski definition) is 1. The summed E-state index contributed by atoms with van der Waals surface area (Å²) >= 11 is 3.22. The Balaban J connectivity index is 1.93. The van der Waals surface area contributed by atoms with Crippen molar-refractivity contribution in [3.63, 3.8) is 0 Å². The first kappa shape index (κ1) is 12.4. The summed E-state index contributed by atoms with van der Waals surface area (Å²) in [5.74, 6) is 0.0954. The van der Waals surface area contributed by atoms with Gasteiger partial charge >= 0.3 is 0 Å². The second kappa shape index (κ2) is 4.81. The minimum atomic E-state index is -0.304. The fraction of sp³-hybridized carbons (Fsp3) is 0.214. The molecule has 19 heavy (non-hydrogen) atoms. The first-order valence-electron chi connectivity index (χ1n) is 6.07. The minimum absolute atomic E-state index is 0.304. The summed E-state index contributed by atoms with van der Waals surface area (Å²) in [5, 5.41) is 0. The molecule has 0 fully saturated rings. The van der Waals surface area contributed by atoms with Crippen LogP contribution in [-0.4, -0.2) is 11.5 Å². The molecule has 2 N–H and O–H groups in total. The number of benzene rings is 1. The number of hydrogen-bond acceptors (Lipinski definition) is 3. The molecule has 3 nitrogen and oxygen atoms in total. The van der Waals surface area contributed by atoms with Crippen molar-refractivity contribution >= 4 is 27.4 Å². The average Bonchev–Trinajstić information content (AvgIpc) is 2.38. The van der Waals surface area contributed by atoms with Crippen molar-refractivity contribution in [1.29, 1.82) is 0 Å². The van der Waals surface area contributed by atoms with Crippen molar-refractivity contribution in [2.45, 2.75) is 13.0 Å². The Hall–Kier alpha value is -1.62. The normalized spacial score (nSPS) is 14.3. The Morgan fingerprint density at radius 1 is 1.37 bits per heavy atom. The van der Waals surface area contributed by atoms with E-state index in [1.807, 2.05) is 23.1 Å². The number of anilines is 2. The average molecular weight is 322 g/mol. The Bertz CT molecular complexity index is 630. The Kier molecular flexibility index (Phi) is 3.14. The van der Waals surface area contributed by atoms with E-state index in [-0.39, 0.29) is 5.82 Å². The summed E-state index contributed by atoms with van der Waals surface area (Å²) in [6, 6.07) is 7.32. The highest BCUT2D eigenvalue weighted by molar-refractivity contribution is 9.10. The van der Waals surface area contributed by atoms with Gasteiger partial charge in [0.25, 0.3) is 0 Å². The van der Waals surface area contributed by atoms with Gasteiger partial charge in [0.2, 0.25) is 0 Å². The standard InChI is InChI=1S/C14H13BrFN3/c15-10-6-12(16)14(18-7-10)19-5-4-11-9(8-19)2-1-3-13(11)17/h1-3,6-7H,4-5,8,17H2. The highest BCUT2D eigenvalue weighted by Crippen LogP contribution is 2.28. The number of nitrogens with zero attached hydrogens (tertiary/aromatic N) is 2. The molecule has 0 atom stereocenters. The number of nitrogen functional groups attached to an aromatic ring is 1. The van der Waals surface area contributed by atoms with Crippen LogP contribution in [0.25, 0.3) is 0 Å². The van der Waals surface area contributed by atoms with Gasteiger partial charge in [-0.05, 0) is 45.6 Å². The van der Waals surface area contributed by atoms with Gasteiger partial charge in [-0.1, -0.05) is 12.1 Å². The maximum Gasteiger partial charge on any atom is 0.166 e. The first-order chi connectivity index (χ1) is 9.15. The van der Waals surface area contributed by atoms with Crippen molar-refractivity contribution in [2.75, 3.05) is 17.2 Å². The summed E-state index contributed by atoms with van der Waals surface area (Å²) in [5.41, 5.74) is 9.11. The van der Waals surface area contributed by atoms with E-state index in [1.54, 1.807) is 6.20 Å². The van der Waals surface area contributed by atoms with Crippen LogP contribution in [0.3, 0.4) is 0 Å². The van der Waals surface area contributed by atoms with Gasteiger partial charge in [-0.2, -0.15) is 0 Å². The third-order valence-electron chi connectivity index (χ3n) is 3.39. The molecule has 2 heterocycles. The van der Waals surface area contributed by atoms with Gasteiger partial charge < -0.3 is 10.6 Å². The lowest BCUT2D eigenvalue weighted by Crippen LogP contribution is -2.32. The van der Waals surface area contributed by atoms with E-state index in [0.29, 0.717) is 16.8 Å². The molecular formula is C14H13BrFN3. The molecule has 0 spiro atoms. The third-order valence-corrected chi connectivity index (χ3v) is 3.82. The van der Waals surface area contributed by atoms with Gasteiger partial charge in [-0.3, -0.25) is 0 Å². The van der Waals surface area contributed by atoms with Crippen molar-refractivity contribution in [1.82, 2.24) is 4.98 Å². The van der Waals surface area contributed by atoms with Crippen LogP contribution in [0.2, 0.25) is 0 Å². The number of fused-ring (bicyclic) bond motifs is 1. The van der Waals surface area contributed by atoms with Gasteiger partial charge in [0.05, 0.1) is 0 Å². The molecule has 98 valence electrons. The summed E-state index contributed by atoms with van der Waals surface area (Å²) < 4.78 is 14.6. The molecule has 0 amide bonds. The second-order valence-corrected chi connectivity index (χ2v) is 5.53. The molecule has 0 radical (unpaired) electrons. The highest BCUT2D eigenvalue weighted by Gasteiger charge is 2.21. The predicted molar refractivity (Wildman–Crippen MR) is 77.5 cm³/mol. The largest absolute Gasteiger partial charge is 0.398 e. The SMILES string of the molecule is Nc1cccc2c1CCN(c1ncc(Br)cc1F)C2. The number of halogens is 2. The van der Waals surface area contributed by atoms with Gasteiger partial charge in [0, 0.05) is 29.4 Å². The molecule has 0 aliphatic carbocycles. The lowest BCUT2D eigenvalue weighted by molar-refractivity contribution is 0.600. The minimum Gasteiger partial charge on any atom is -0.398 e. The number of nitrogens with two attached hydrogens (primary N) is 1. The maximum absolute atomic E-state index is 13.9. The van der Waals surface area contributed by atoms with Crippen LogP contribution in [0.15, 0.2) is 34.9 Å². The summed E-state index contributed by atoms with van der Waals surface area (Å²) in [4.78, 5) is 6.12. The van der Waals surface area contributed by atoms with Crippen molar-refractivity contribution in [2.24, 2.45) is 0 Å². The quantitative estimate of drug-likeness (QED) is 0.820. The Morgan fingerprint density at radius 2 is 2.21 bits per heavy atom. The van der Waals surface area contributed by atoms with E-state index in [9.17, 15) is 4.39 Å². The van der Waals surface area contributed by atoms with Crippen molar-refractivity contribution in [3.05, 3.63) is 51.9 Å². The topological polar surface area (TPSA) is 42.1 Å². The zero-order valence-corrected chi connectivity index (χ0v) is 11.8. The number of rotatable bonds is 1. The van der Waals surface area contributed by atoms with Crippen LogP contribution in [0.4, 0.5) is 15.9 Å². The third kappa shape index (κ3) is 2.30. The van der Waals surface area contributed by atoms with Crippen LogP contribution >= 0.6 is 15.9 Å². The molecule has 1 aromatic carbocycles. The molecule has 1 aromatic heterocycles. The molecule has 1 aliphatic heterocycles. The van der Waals surface area contributed by atoms with Crippen LogP contribution < -0.4 is 10.6 Å². The number of aromatic nitrogens is 1. The van der Waals surface area contributed by atoms with E-state index >= 15 is 0 Å². The fourth-order valence-corrected chi connectivity index (χ4v) is 2.76. The molecule has 1 aliphatic rings. The lowest BCUT2D eigenvalue weighted by atomic mass is 9.98.